The SMILES string of the molecule is CCCc1sc(C(=O)NCC2(O)CCOC2C)cc1CC. The monoisotopic (exact) mass is 311 g/mol. The average Bonchev–Trinajstić information content (AvgIpc) is 3.02. The van der Waals surface area contributed by atoms with Crippen LogP contribution in [-0.4, -0.2) is 35.9 Å². The van der Waals surface area contributed by atoms with Crippen LogP contribution in [-0.2, 0) is 17.6 Å². The third-order valence-corrected chi connectivity index (χ3v) is 5.43. The minimum atomic E-state index is -0.938. The number of amides is 1. The van der Waals surface area contributed by atoms with E-state index in [-0.39, 0.29) is 18.6 Å². The number of hydrogen-bond donors (Lipinski definition) is 2. The van der Waals surface area contributed by atoms with Crippen LogP contribution in [0.3, 0.4) is 0 Å². The number of carbonyl (C=O) groups excluding carboxylic acids is 1. The molecule has 118 valence electrons. The summed E-state index contributed by atoms with van der Waals surface area (Å²) in [6, 6.07) is 1.99. The summed E-state index contributed by atoms with van der Waals surface area (Å²) in [7, 11) is 0. The van der Waals surface area contributed by atoms with Gasteiger partial charge < -0.3 is 15.2 Å². The molecule has 0 aliphatic carbocycles. The fourth-order valence-electron chi connectivity index (χ4n) is 2.64. The second-order valence-electron chi connectivity index (χ2n) is 5.71. The molecule has 0 aromatic carbocycles. The summed E-state index contributed by atoms with van der Waals surface area (Å²) >= 11 is 1.57. The summed E-state index contributed by atoms with van der Waals surface area (Å²) in [4.78, 5) is 14.3. The second kappa shape index (κ2) is 6.90. The highest BCUT2D eigenvalue weighted by Gasteiger charge is 2.39. The fraction of sp³-hybridized carbons (Fsp3) is 0.688. The molecule has 1 aliphatic rings. The molecule has 0 saturated carbocycles. The quantitative estimate of drug-likeness (QED) is 0.849. The average molecular weight is 311 g/mol. The molecule has 1 fully saturated rings. The smallest absolute Gasteiger partial charge is 0.261 e. The molecular weight excluding hydrogens is 286 g/mol. The van der Waals surface area contributed by atoms with Crippen molar-refractivity contribution in [2.45, 2.75) is 58.2 Å². The van der Waals surface area contributed by atoms with Crippen molar-refractivity contribution < 1.29 is 14.6 Å². The molecule has 5 heteroatoms. The molecule has 1 aromatic rings. The Morgan fingerprint density at radius 2 is 2.33 bits per heavy atom. The van der Waals surface area contributed by atoms with Crippen molar-refractivity contribution in [3.63, 3.8) is 0 Å². The van der Waals surface area contributed by atoms with Crippen molar-refractivity contribution in [1.29, 1.82) is 0 Å². The Morgan fingerprint density at radius 1 is 1.57 bits per heavy atom. The Kier molecular flexibility index (Phi) is 5.41. The first-order valence-electron chi connectivity index (χ1n) is 7.74. The molecule has 2 rings (SSSR count). The Morgan fingerprint density at radius 3 is 2.90 bits per heavy atom. The first-order chi connectivity index (χ1) is 10.00. The molecule has 2 unspecified atom stereocenters. The number of nitrogens with one attached hydrogen (secondary N) is 1. The van der Waals surface area contributed by atoms with Crippen LogP contribution in [0.25, 0.3) is 0 Å². The second-order valence-corrected chi connectivity index (χ2v) is 6.85. The van der Waals surface area contributed by atoms with Crippen molar-refractivity contribution in [1.82, 2.24) is 5.32 Å². The molecule has 0 radical (unpaired) electrons. The van der Waals surface area contributed by atoms with Gasteiger partial charge in [-0.05, 0) is 31.4 Å². The fourth-order valence-corrected chi connectivity index (χ4v) is 3.91. The maximum absolute atomic E-state index is 12.3. The van der Waals surface area contributed by atoms with Crippen LogP contribution in [0.2, 0.25) is 0 Å². The van der Waals surface area contributed by atoms with E-state index in [9.17, 15) is 9.90 Å². The molecule has 1 saturated heterocycles. The zero-order valence-corrected chi connectivity index (χ0v) is 13.9. The zero-order chi connectivity index (χ0) is 15.5. The Labute approximate surface area is 130 Å². The zero-order valence-electron chi connectivity index (χ0n) is 13.1. The van der Waals surface area contributed by atoms with Crippen molar-refractivity contribution in [2.75, 3.05) is 13.2 Å². The van der Waals surface area contributed by atoms with E-state index in [1.54, 1.807) is 11.3 Å². The summed E-state index contributed by atoms with van der Waals surface area (Å²) in [5, 5.41) is 13.3. The normalized spacial score (nSPS) is 25.2. The first kappa shape index (κ1) is 16.5. The number of aliphatic hydroxyl groups is 1. The number of rotatable bonds is 6. The van der Waals surface area contributed by atoms with Crippen molar-refractivity contribution in [2.24, 2.45) is 0 Å². The molecule has 2 N–H and O–H groups in total. The van der Waals surface area contributed by atoms with E-state index in [4.69, 9.17) is 4.74 Å². The van der Waals surface area contributed by atoms with Crippen LogP contribution >= 0.6 is 11.3 Å². The third kappa shape index (κ3) is 3.65. The molecule has 2 atom stereocenters. The predicted octanol–water partition coefficient (Wildman–Crippen LogP) is 2.53. The standard InChI is InChI=1S/C16H25NO3S/c1-4-6-13-12(5-2)9-14(21-13)15(18)17-10-16(19)7-8-20-11(16)3/h9,11,19H,4-8,10H2,1-3H3,(H,17,18). The van der Waals surface area contributed by atoms with Crippen LogP contribution in [0.4, 0.5) is 0 Å². The number of ether oxygens (including phenoxy) is 1. The van der Waals surface area contributed by atoms with Crippen molar-refractivity contribution in [3.8, 4) is 0 Å². The number of thiophene rings is 1. The molecule has 2 heterocycles. The topological polar surface area (TPSA) is 58.6 Å². The Hall–Kier alpha value is -0.910. The van der Waals surface area contributed by atoms with Gasteiger partial charge in [0.2, 0.25) is 0 Å². The van der Waals surface area contributed by atoms with Crippen molar-refractivity contribution in [3.05, 3.63) is 21.4 Å². The largest absolute Gasteiger partial charge is 0.385 e. The lowest BCUT2D eigenvalue weighted by atomic mass is 9.97. The highest BCUT2D eigenvalue weighted by Crippen LogP contribution is 2.26. The molecule has 0 spiro atoms. The van der Waals surface area contributed by atoms with Gasteiger partial charge >= 0.3 is 0 Å². The van der Waals surface area contributed by atoms with Gasteiger partial charge in [0.1, 0.15) is 5.60 Å². The molecule has 21 heavy (non-hydrogen) atoms. The van der Waals surface area contributed by atoms with Crippen LogP contribution in [0.15, 0.2) is 6.07 Å². The number of aryl methyl sites for hydroxylation is 2. The van der Waals surface area contributed by atoms with E-state index < -0.39 is 5.60 Å². The van der Waals surface area contributed by atoms with Crippen LogP contribution in [0.1, 0.15) is 53.7 Å². The van der Waals surface area contributed by atoms with Gasteiger partial charge in [-0.25, -0.2) is 0 Å². The Bertz CT molecular complexity index is 500. The number of carbonyl (C=O) groups is 1. The Balaban J connectivity index is 2.00. The van der Waals surface area contributed by atoms with Crippen LogP contribution in [0.5, 0.6) is 0 Å². The first-order valence-corrected chi connectivity index (χ1v) is 8.55. The molecule has 1 amide bonds. The lowest BCUT2D eigenvalue weighted by Gasteiger charge is -2.25. The van der Waals surface area contributed by atoms with Crippen LogP contribution < -0.4 is 5.32 Å². The summed E-state index contributed by atoms with van der Waals surface area (Å²) < 4.78 is 5.38. The summed E-state index contributed by atoms with van der Waals surface area (Å²) in [5.41, 5.74) is 0.329. The number of hydrogen-bond acceptors (Lipinski definition) is 4. The minimum absolute atomic E-state index is 0.0930. The van der Waals surface area contributed by atoms with E-state index in [0.717, 1.165) is 24.1 Å². The lowest BCUT2D eigenvalue weighted by Crippen LogP contribution is -2.47. The van der Waals surface area contributed by atoms with Gasteiger partial charge in [0.25, 0.3) is 5.91 Å². The molecule has 1 aliphatic heterocycles. The van der Waals surface area contributed by atoms with Gasteiger partial charge in [0, 0.05) is 24.4 Å². The maximum atomic E-state index is 12.3. The lowest BCUT2D eigenvalue weighted by molar-refractivity contribution is -0.0251. The van der Waals surface area contributed by atoms with Gasteiger partial charge in [0.15, 0.2) is 0 Å². The van der Waals surface area contributed by atoms with Gasteiger partial charge in [-0.1, -0.05) is 20.3 Å². The third-order valence-electron chi connectivity index (χ3n) is 4.19. The highest BCUT2D eigenvalue weighted by molar-refractivity contribution is 7.14. The van der Waals surface area contributed by atoms with Gasteiger partial charge in [0.05, 0.1) is 11.0 Å². The van der Waals surface area contributed by atoms with E-state index >= 15 is 0 Å². The molecular formula is C16H25NO3S. The van der Waals surface area contributed by atoms with E-state index in [2.05, 4.69) is 19.2 Å². The van der Waals surface area contributed by atoms with E-state index in [1.807, 2.05) is 13.0 Å². The molecule has 0 bridgehead atoms. The van der Waals surface area contributed by atoms with E-state index in [1.165, 1.54) is 10.4 Å². The summed E-state index contributed by atoms with van der Waals surface area (Å²) in [6.07, 6.45) is 3.40. The predicted molar refractivity (Wildman–Crippen MR) is 85.0 cm³/mol. The molecule has 1 aromatic heterocycles. The molecule has 4 nitrogen and oxygen atoms in total. The van der Waals surface area contributed by atoms with Gasteiger partial charge in [-0.15, -0.1) is 11.3 Å². The van der Waals surface area contributed by atoms with Crippen LogP contribution in [0, 0.1) is 0 Å². The van der Waals surface area contributed by atoms with Gasteiger partial charge in [-0.2, -0.15) is 0 Å². The summed E-state index contributed by atoms with van der Waals surface area (Å²) in [5.74, 6) is -0.0930. The highest BCUT2D eigenvalue weighted by atomic mass is 32.1. The van der Waals surface area contributed by atoms with Gasteiger partial charge in [-0.3, -0.25) is 4.79 Å². The minimum Gasteiger partial charge on any atom is -0.385 e. The summed E-state index contributed by atoms with van der Waals surface area (Å²) in [6.45, 7) is 6.90. The van der Waals surface area contributed by atoms with Crippen molar-refractivity contribution >= 4 is 17.2 Å². The van der Waals surface area contributed by atoms with E-state index in [0.29, 0.717) is 13.0 Å². The maximum Gasteiger partial charge on any atom is 0.261 e.